The standard InChI is InChI=1S/C30H39N5O5/c1-17(2)25-27(37)32-19(4)28(38)35-15-7-8-23(34-35)26(36)31-18(3)22-12-11-21-10-9-20(16-24(21)33-22)13-14-30(5,6)29(39)40-25/h9-14,16-19,23,25,34H,7-8,15H2,1-6H3,(H,31,36)(H,32,37)/b14-13+/t18-,19+,23+,25?/m1/s1/i1D3,17D,25D/t17?,18-,19+,23+,25?. The lowest BCUT2D eigenvalue weighted by molar-refractivity contribution is -0.165. The highest BCUT2D eigenvalue weighted by Crippen LogP contribution is 2.25. The van der Waals surface area contributed by atoms with E-state index in [1.54, 1.807) is 25.1 Å². The largest absolute Gasteiger partial charge is 0.451 e. The third-order valence-corrected chi connectivity index (χ3v) is 6.99. The van der Waals surface area contributed by atoms with E-state index in [4.69, 9.17) is 16.6 Å². The van der Waals surface area contributed by atoms with Gasteiger partial charge in [0.1, 0.15) is 12.1 Å². The number of benzene rings is 1. The van der Waals surface area contributed by atoms with Gasteiger partial charge in [-0.1, -0.05) is 44.1 Å². The van der Waals surface area contributed by atoms with Crippen molar-refractivity contribution in [3.8, 4) is 0 Å². The van der Waals surface area contributed by atoms with Gasteiger partial charge in [-0.05, 0) is 64.1 Å². The molecular weight excluding hydrogens is 510 g/mol. The predicted molar refractivity (Wildman–Crippen MR) is 151 cm³/mol. The summed E-state index contributed by atoms with van der Waals surface area (Å²) in [4.78, 5) is 58.3. The lowest BCUT2D eigenvalue weighted by Crippen LogP contribution is -2.61. The van der Waals surface area contributed by atoms with Gasteiger partial charge >= 0.3 is 5.97 Å². The van der Waals surface area contributed by atoms with Crippen LogP contribution in [-0.4, -0.2) is 58.4 Å². The van der Waals surface area contributed by atoms with E-state index in [2.05, 4.69) is 16.1 Å². The second kappa shape index (κ2) is 11.8. The van der Waals surface area contributed by atoms with Crippen LogP contribution in [0.4, 0.5) is 0 Å². The number of carbonyl (C=O) groups is 4. The molecule has 0 spiro atoms. The van der Waals surface area contributed by atoms with Crippen molar-refractivity contribution < 1.29 is 30.8 Å². The molecule has 5 atom stereocenters. The maximum Gasteiger partial charge on any atom is 0.316 e. The maximum atomic E-state index is 13.6. The third-order valence-electron chi connectivity index (χ3n) is 6.99. The van der Waals surface area contributed by atoms with Crippen molar-refractivity contribution in [1.29, 1.82) is 0 Å². The number of cyclic esters (lactones) is 1. The molecule has 2 aromatic rings. The van der Waals surface area contributed by atoms with Gasteiger partial charge in [-0.25, -0.2) is 5.43 Å². The van der Waals surface area contributed by atoms with Crippen molar-refractivity contribution in [3.63, 3.8) is 0 Å². The molecule has 3 heterocycles. The highest BCUT2D eigenvalue weighted by Gasteiger charge is 2.36. The minimum Gasteiger partial charge on any atom is -0.451 e. The molecular formula is C30H39N5O5. The Morgan fingerprint density at radius 1 is 1.12 bits per heavy atom. The van der Waals surface area contributed by atoms with Crippen LogP contribution in [0.5, 0.6) is 0 Å². The van der Waals surface area contributed by atoms with Gasteiger partial charge in [-0.3, -0.25) is 29.2 Å². The second-order valence-electron chi connectivity index (χ2n) is 10.8. The highest BCUT2D eigenvalue weighted by atomic mass is 16.5. The molecule has 1 aromatic carbocycles. The number of rotatable bonds is 1. The smallest absolute Gasteiger partial charge is 0.316 e. The number of amides is 3. The van der Waals surface area contributed by atoms with Crippen LogP contribution < -0.4 is 16.1 Å². The molecule has 10 nitrogen and oxygen atoms in total. The first-order valence-corrected chi connectivity index (χ1v) is 13.3. The number of pyridine rings is 1. The monoisotopic (exact) mass is 554 g/mol. The average Bonchev–Trinajstić information content (AvgIpc) is 2.97. The molecule has 10 heteroatoms. The van der Waals surface area contributed by atoms with E-state index in [0.29, 0.717) is 29.6 Å². The summed E-state index contributed by atoms with van der Waals surface area (Å²) < 4.78 is 46.4. The van der Waals surface area contributed by atoms with Gasteiger partial charge < -0.3 is 15.4 Å². The molecule has 1 aromatic heterocycles. The minimum absolute atomic E-state index is 0.208. The van der Waals surface area contributed by atoms with Crippen molar-refractivity contribution in [1.82, 2.24) is 26.1 Å². The van der Waals surface area contributed by atoms with Crippen LogP contribution in [0.3, 0.4) is 0 Å². The SMILES string of the molecule is [2H]C([2H])([2H])C([2H])(C)C1([2H])OC(=O)C(C)(C)/C=C/c2ccc3ccc(nc3c2)[C@@H](C)NC(=O)[C@@H]2CCCN(N2)C(=O)[C@H](C)NC1=O. The average molecular weight is 555 g/mol. The van der Waals surface area contributed by atoms with Crippen molar-refractivity contribution in [2.24, 2.45) is 11.3 Å². The zero-order valence-electron chi connectivity index (χ0n) is 28.3. The molecule has 3 amide bonds. The fourth-order valence-corrected chi connectivity index (χ4v) is 4.46. The third kappa shape index (κ3) is 6.50. The summed E-state index contributed by atoms with van der Waals surface area (Å²) in [7, 11) is 0. The summed E-state index contributed by atoms with van der Waals surface area (Å²) in [6, 6.07) is 6.56. The van der Waals surface area contributed by atoms with Crippen LogP contribution in [0.1, 0.15) is 78.5 Å². The molecule has 0 saturated carbocycles. The number of esters is 1. The van der Waals surface area contributed by atoms with Gasteiger partial charge in [0.05, 0.1) is 24.0 Å². The number of hydrogen-bond acceptors (Lipinski definition) is 7. The summed E-state index contributed by atoms with van der Waals surface area (Å²) in [5.41, 5.74) is 3.32. The van der Waals surface area contributed by atoms with Gasteiger partial charge in [-0.2, -0.15) is 0 Å². The molecule has 1 saturated heterocycles. The Bertz CT molecular complexity index is 1540. The van der Waals surface area contributed by atoms with E-state index in [-0.39, 0.29) is 12.5 Å². The molecule has 40 heavy (non-hydrogen) atoms. The van der Waals surface area contributed by atoms with Gasteiger partial charge in [0.2, 0.25) is 5.91 Å². The number of fused-ring (bicyclic) bond motifs is 4. The molecule has 0 aliphatic carbocycles. The molecule has 0 radical (unpaired) electrons. The molecule has 2 unspecified atom stereocenters. The van der Waals surface area contributed by atoms with Crippen LogP contribution in [0, 0.1) is 11.3 Å². The van der Waals surface area contributed by atoms with E-state index >= 15 is 0 Å². The number of carbonyl (C=O) groups excluding carboxylic acids is 4. The lowest BCUT2D eigenvalue weighted by Gasteiger charge is -2.35. The Labute approximate surface area is 241 Å². The molecule has 214 valence electrons. The first kappa shape index (κ1) is 23.0. The fraction of sp³-hybridized carbons (Fsp3) is 0.500. The van der Waals surface area contributed by atoms with Crippen LogP contribution in [0.15, 0.2) is 36.4 Å². The normalized spacial score (nSPS) is 32.7. The first-order chi connectivity index (χ1) is 20.8. The maximum absolute atomic E-state index is 13.6. The lowest BCUT2D eigenvalue weighted by atomic mass is 9.92. The van der Waals surface area contributed by atoms with E-state index in [0.717, 1.165) is 12.3 Å². The summed E-state index contributed by atoms with van der Waals surface area (Å²) in [5, 5.41) is 7.23. The van der Waals surface area contributed by atoms with Crippen molar-refractivity contribution in [2.75, 3.05) is 6.54 Å². The highest BCUT2D eigenvalue weighted by molar-refractivity contribution is 5.91. The summed E-state index contributed by atoms with van der Waals surface area (Å²) in [5.74, 6) is -6.56. The van der Waals surface area contributed by atoms with Gasteiger partial charge in [0, 0.05) is 17.4 Å². The van der Waals surface area contributed by atoms with Gasteiger partial charge in [0.25, 0.3) is 11.8 Å². The van der Waals surface area contributed by atoms with Crippen LogP contribution in [0.25, 0.3) is 17.0 Å². The molecule has 2 aliphatic heterocycles. The Morgan fingerprint density at radius 2 is 1.85 bits per heavy atom. The molecule has 3 N–H and O–H groups in total. The van der Waals surface area contributed by atoms with E-state index < -0.39 is 60.2 Å². The first-order valence-electron chi connectivity index (χ1n) is 15.8. The zero-order valence-corrected chi connectivity index (χ0v) is 23.3. The number of hydrazine groups is 1. The van der Waals surface area contributed by atoms with Crippen molar-refractivity contribution in [2.45, 2.75) is 78.5 Å². The van der Waals surface area contributed by atoms with E-state index in [1.165, 1.54) is 31.9 Å². The summed E-state index contributed by atoms with van der Waals surface area (Å²) in [6.45, 7) is 3.81. The van der Waals surface area contributed by atoms with E-state index in [9.17, 15) is 19.2 Å². The number of ether oxygens (including phenoxy) is 1. The fourth-order valence-electron chi connectivity index (χ4n) is 4.46. The van der Waals surface area contributed by atoms with Crippen LogP contribution >= 0.6 is 0 Å². The number of nitrogens with zero attached hydrogens (tertiary/aromatic N) is 2. The summed E-state index contributed by atoms with van der Waals surface area (Å²) in [6.07, 6.45) is 0.714. The number of hydrogen-bond donors (Lipinski definition) is 3. The number of aromatic nitrogens is 1. The number of nitrogens with one attached hydrogen (secondary N) is 3. The Balaban J connectivity index is 1.80. The molecule has 4 rings (SSSR count). The van der Waals surface area contributed by atoms with Gasteiger partial charge in [0.15, 0.2) is 6.08 Å². The molecule has 5 bridgehead atoms. The topological polar surface area (TPSA) is 130 Å². The second-order valence-corrected chi connectivity index (χ2v) is 10.8. The van der Waals surface area contributed by atoms with Crippen molar-refractivity contribution >= 4 is 40.7 Å². The molecule has 2 aliphatic rings. The zero-order chi connectivity index (χ0) is 33.5. The Hall–Kier alpha value is -3.79. The quantitative estimate of drug-likeness (QED) is 0.462. The Kier molecular flexibility index (Phi) is 6.75. The minimum atomic E-state index is -3.29. The van der Waals surface area contributed by atoms with Gasteiger partial charge in [-0.15, -0.1) is 0 Å². The van der Waals surface area contributed by atoms with Crippen molar-refractivity contribution in [3.05, 3.63) is 47.7 Å². The van der Waals surface area contributed by atoms with Crippen LogP contribution in [0.2, 0.25) is 0 Å². The van der Waals surface area contributed by atoms with E-state index in [1.807, 2.05) is 18.2 Å². The predicted octanol–water partition coefficient (Wildman–Crippen LogP) is 3.03. The van der Waals surface area contributed by atoms with Crippen LogP contribution in [-0.2, 0) is 23.9 Å². The summed E-state index contributed by atoms with van der Waals surface area (Å²) >= 11 is 0. The molecule has 1 fully saturated rings. The Morgan fingerprint density at radius 3 is 2.60 bits per heavy atom.